The number of carbonyl (C=O) groups is 1. The number of carbonyl (C=O) groups excluding carboxylic acids is 1. The van der Waals surface area contributed by atoms with Gasteiger partial charge in [0.15, 0.2) is 0 Å². The molecule has 0 bridgehead atoms. The molecule has 0 aliphatic rings. The zero-order valence-electron chi connectivity index (χ0n) is 22.3. The van der Waals surface area contributed by atoms with Gasteiger partial charge in [-0.1, -0.05) is 59.7 Å². The molecule has 11 heteroatoms. The van der Waals surface area contributed by atoms with E-state index < -0.39 is 27.1 Å². The molecule has 11 nitrogen and oxygen atoms in total. The Morgan fingerprint density at radius 2 is 1.39 bits per heavy atom. The third-order valence-electron chi connectivity index (χ3n) is 5.91. The Bertz CT molecular complexity index is 1600. The highest BCUT2D eigenvalue weighted by molar-refractivity contribution is 5.96. The van der Waals surface area contributed by atoms with Gasteiger partial charge in [0.05, 0.1) is 27.7 Å². The van der Waals surface area contributed by atoms with Gasteiger partial charge >= 0.3 is 0 Å². The summed E-state index contributed by atoms with van der Waals surface area (Å²) in [7, 11) is 0. The van der Waals surface area contributed by atoms with E-state index in [-0.39, 0.29) is 12.2 Å². The van der Waals surface area contributed by atoms with E-state index in [0.29, 0.717) is 23.7 Å². The van der Waals surface area contributed by atoms with Crippen molar-refractivity contribution >= 4 is 23.5 Å². The van der Waals surface area contributed by atoms with E-state index in [2.05, 4.69) is 10.5 Å². The standard InChI is InChI=1S/C30H26N4O7/c1-20-5-3-7-22(11-20)18-40-28-10-9-24(29(16-28)41-19-23-8-4-6-21(2)12-23)17-31-32-30(35)25-13-26(33(36)37)15-27(14-25)34(38)39/h3-17H,18-19H2,1-2H3,(H,32,35)/b31-17+. The zero-order chi connectivity index (χ0) is 29.4. The van der Waals surface area contributed by atoms with Crippen LogP contribution in [0.2, 0.25) is 0 Å². The van der Waals surface area contributed by atoms with Gasteiger partial charge in [0.1, 0.15) is 24.7 Å². The lowest BCUT2D eigenvalue weighted by Gasteiger charge is -2.13. The first kappa shape index (κ1) is 28.4. The summed E-state index contributed by atoms with van der Waals surface area (Å²) in [5, 5.41) is 26.2. The number of ether oxygens (including phenoxy) is 2. The third kappa shape index (κ3) is 7.96. The molecule has 41 heavy (non-hydrogen) atoms. The average molecular weight is 555 g/mol. The second-order valence-corrected chi connectivity index (χ2v) is 9.21. The minimum Gasteiger partial charge on any atom is -0.489 e. The molecule has 0 radical (unpaired) electrons. The monoisotopic (exact) mass is 554 g/mol. The molecule has 4 aromatic rings. The predicted molar refractivity (Wildman–Crippen MR) is 152 cm³/mol. The van der Waals surface area contributed by atoms with Crippen LogP contribution in [-0.4, -0.2) is 22.0 Å². The number of nitro groups is 2. The number of nitrogens with one attached hydrogen (secondary N) is 1. The fourth-order valence-corrected chi connectivity index (χ4v) is 3.93. The highest BCUT2D eigenvalue weighted by Crippen LogP contribution is 2.26. The molecule has 0 saturated heterocycles. The summed E-state index contributed by atoms with van der Waals surface area (Å²) in [6, 6.07) is 23.7. The Hall–Kier alpha value is -5.58. The molecule has 0 aliphatic heterocycles. The number of aryl methyl sites for hydroxylation is 2. The maximum absolute atomic E-state index is 12.6. The first-order valence-electron chi connectivity index (χ1n) is 12.5. The highest BCUT2D eigenvalue weighted by atomic mass is 16.6. The second kappa shape index (κ2) is 13.0. The maximum atomic E-state index is 12.6. The van der Waals surface area contributed by atoms with E-state index in [0.717, 1.165) is 40.5 Å². The van der Waals surface area contributed by atoms with Crippen LogP contribution in [0, 0.1) is 34.1 Å². The van der Waals surface area contributed by atoms with Crippen molar-refractivity contribution in [1.29, 1.82) is 0 Å². The van der Waals surface area contributed by atoms with Crippen LogP contribution in [0.25, 0.3) is 0 Å². The van der Waals surface area contributed by atoms with Crippen molar-refractivity contribution in [3.63, 3.8) is 0 Å². The van der Waals surface area contributed by atoms with E-state index in [9.17, 15) is 25.0 Å². The smallest absolute Gasteiger partial charge is 0.277 e. The summed E-state index contributed by atoms with van der Waals surface area (Å²) in [6.45, 7) is 4.62. The topological polar surface area (TPSA) is 146 Å². The van der Waals surface area contributed by atoms with Crippen molar-refractivity contribution in [3.05, 3.63) is 139 Å². The van der Waals surface area contributed by atoms with Crippen LogP contribution >= 0.6 is 0 Å². The normalized spacial score (nSPS) is 10.8. The Morgan fingerprint density at radius 3 is 1.95 bits per heavy atom. The number of rotatable bonds is 11. The van der Waals surface area contributed by atoms with Crippen LogP contribution in [0.1, 0.15) is 38.2 Å². The van der Waals surface area contributed by atoms with E-state index in [1.807, 2.05) is 62.4 Å². The molecule has 1 amide bonds. The predicted octanol–water partition coefficient (Wildman–Crippen LogP) is 6.04. The van der Waals surface area contributed by atoms with Gasteiger partial charge < -0.3 is 9.47 Å². The number of benzene rings is 4. The number of hydrazone groups is 1. The lowest BCUT2D eigenvalue weighted by atomic mass is 10.1. The van der Waals surface area contributed by atoms with Gasteiger partial charge in [-0.3, -0.25) is 25.0 Å². The summed E-state index contributed by atoms with van der Waals surface area (Å²) in [4.78, 5) is 33.2. The second-order valence-electron chi connectivity index (χ2n) is 9.21. The van der Waals surface area contributed by atoms with Crippen molar-refractivity contribution < 1.29 is 24.1 Å². The van der Waals surface area contributed by atoms with Gasteiger partial charge in [0, 0.05) is 23.8 Å². The highest BCUT2D eigenvalue weighted by Gasteiger charge is 2.19. The molecule has 0 saturated carbocycles. The van der Waals surface area contributed by atoms with Crippen molar-refractivity contribution in [3.8, 4) is 11.5 Å². The summed E-state index contributed by atoms with van der Waals surface area (Å²) >= 11 is 0. The third-order valence-corrected chi connectivity index (χ3v) is 5.91. The van der Waals surface area contributed by atoms with Gasteiger partial charge in [-0.2, -0.15) is 5.10 Å². The van der Waals surface area contributed by atoms with Crippen molar-refractivity contribution in [2.24, 2.45) is 5.10 Å². The first-order chi connectivity index (χ1) is 19.7. The summed E-state index contributed by atoms with van der Waals surface area (Å²) in [6.07, 6.45) is 1.35. The largest absolute Gasteiger partial charge is 0.489 e. The molecule has 0 spiro atoms. The molecular weight excluding hydrogens is 528 g/mol. The average Bonchev–Trinajstić information content (AvgIpc) is 2.95. The van der Waals surface area contributed by atoms with Crippen molar-refractivity contribution in [1.82, 2.24) is 5.43 Å². The lowest BCUT2D eigenvalue weighted by molar-refractivity contribution is -0.394. The lowest BCUT2D eigenvalue weighted by Crippen LogP contribution is -2.18. The van der Waals surface area contributed by atoms with Crippen LogP contribution in [0.5, 0.6) is 11.5 Å². The van der Waals surface area contributed by atoms with Gasteiger partial charge in [-0.25, -0.2) is 5.43 Å². The van der Waals surface area contributed by atoms with Crippen LogP contribution in [0.15, 0.2) is 90.0 Å². The van der Waals surface area contributed by atoms with E-state index in [4.69, 9.17) is 9.47 Å². The molecule has 0 aliphatic carbocycles. The molecule has 0 unspecified atom stereocenters. The fourth-order valence-electron chi connectivity index (χ4n) is 3.93. The van der Waals surface area contributed by atoms with Crippen molar-refractivity contribution in [2.75, 3.05) is 0 Å². The summed E-state index contributed by atoms with van der Waals surface area (Å²) in [5.41, 5.74) is 5.52. The Balaban J connectivity index is 1.53. The minimum absolute atomic E-state index is 0.271. The Labute approximate surface area is 235 Å². The Kier molecular flexibility index (Phi) is 9.00. The molecule has 0 fully saturated rings. The van der Waals surface area contributed by atoms with Crippen molar-refractivity contribution in [2.45, 2.75) is 27.1 Å². The molecule has 4 rings (SSSR count). The van der Waals surface area contributed by atoms with Crippen LogP contribution in [0.3, 0.4) is 0 Å². The van der Waals surface area contributed by atoms with E-state index in [1.54, 1.807) is 18.2 Å². The van der Waals surface area contributed by atoms with E-state index >= 15 is 0 Å². The minimum atomic E-state index is -0.853. The number of amides is 1. The van der Waals surface area contributed by atoms with E-state index in [1.165, 1.54) is 6.21 Å². The summed E-state index contributed by atoms with van der Waals surface area (Å²) in [5.74, 6) is 0.154. The van der Waals surface area contributed by atoms with Gasteiger partial charge in [0.2, 0.25) is 0 Å². The van der Waals surface area contributed by atoms with Crippen LogP contribution in [-0.2, 0) is 13.2 Å². The Morgan fingerprint density at radius 1 is 0.805 bits per heavy atom. The molecule has 0 heterocycles. The van der Waals surface area contributed by atoms with Gasteiger partial charge in [-0.15, -0.1) is 0 Å². The van der Waals surface area contributed by atoms with Gasteiger partial charge in [-0.05, 0) is 37.1 Å². The van der Waals surface area contributed by atoms with Gasteiger partial charge in [0.25, 0.3) is 17.3 Å². The fraction of sp³-hybridized carbons (Fsp3) is 0.133. The quantitative estimate of drug-likeness (QED) is 0.135. The molecule has 0 atom stereocenters. The number of hydrogen-bond acceptors (Lipinski definition) is 8. The maximum Gasteiger partial charge on any atom is 0.277 e. The number of non-ortho nitro benzene ring substituents is 2. The summed E-state index contributed by atoms with van der Waals surface area (Å²) < 4.78 is 12.1. The van der Waals surface area contributed by atoms with Crippen LogP contribution in [0.4, 0.5) is 11.4 Å². The van der Waals surface area contributed by atoms with Crippen LogP contribution < -0.4 is 14.9 Å². The SMILES string of the molecule is Cc1cccc(COc2ccc(/C=N/NC(=O)c3cc([N+](=O)[O-])cc([N+](=O)[O-])c3)c(OCc3cccc(C)c3)c2)c1. The molecule has 0 aromatic heterocycles. The zero-order valence-corrected chi connectivity index (χ0v) is 22.3. The number of nitrogens with zero attached hydrogens (tertiary/aromatic N) is 3. The number of nitro benzene ring substituents is 2. The first-order valence-corrected chi connectivity index (χ1v) is 12.5. The number of hydrogen-bond donors (Lipinski definition) is 1. The molecular formula is C30H26N4O7. The molecule has 1 N–H and O–H groups in total. The molecule has 4 aromatic carbocycles. The molecule has 208 valence electrons.